The molecular weight excluding hydrogens is 361 g/mol. The SMILES string of the molecule is O=C(CNc1cccc(OC(F)(F)F)c1)Sc1ncccc1C(=O)O. The van der Waals surface area contributed by atoms with E-state index in [0.29, 0.717) is 11.8 Å². The van der Waals surface area contributed by atoms with Gasteiger partial charge in [-0.25, -0.2) is 9.78 Å². The topological polar surface area (TPSA) is 88.5 Å². The smallest absolute Gasteiger partial charge is 0.478 e. The van der Waals surface area contributed by atoms with Crippen molar-refractivity contribution in [3.63, 3.8) is 0 Å². The van der Waals surface area contributed by atoms with Crippen molar-refractivity contribution < 1.29 is 32.6 Å². The van der Waals surface area contributed by atoms with Gasteiger partial charge in [-0.05, 0) is 36.0 Å². The van der Waals surface area contributed by atoms with Crippen LogP contribution in [0.4, 0.5) is 18.9 Å². The second kappa shape index (κ2) is 7.88. The molecule has 132 valence electrons. The number of alkyl halides is 3. The number of hydrogen-bond acceptors (Lipinski definition) is 6. The summed E-state index contributed by atoms with van der Waals surface area (Å²) in [4.78, 5) is 26.8. The summed E-state index contributed by atoms with van der Waals surface area (Å²) >= 11 is 0.627. The fourth-order valence-corrected chi connectivity index (χ4v) is 2.50. The molecule has 0 aliphatic heterocycles. The van der Waals surface area contributed by atoms with Crippen molar-refractivity contribution >= 4 is 28.5 Å². The van der Waals surface area contributed by atoms with E-state index in [0.717, 1.165) is 12.1 Å². The number of anilines is 1. The molecular formula is C15H11F3N2O4S. The number of ether oxygens (including phenoxy) is 1. The number of hydrogen-bond donors (Lipinski definition) is 2. The van der Waals surface area contributed by atoms with Crippen LogP contribution in [0.3, 0.4) is 0 Å². The molecule has 0 fully saturated rings. The van der Waals surface area contributed by atoms with Crippen LogP contribution in [0, 0.1) is 0 Å². The second-order valence-corrected chi connectivity index (χ2v) is 5.61. The second-order valence-electron chi connectivity index (χ2n) is 4.56. The lowest BCUT2D eigenvalue weighted by Crippen LogP contribution is -2.17. The number of carboxylic acids is 1. The fraction of sp³-hybridized carbons (Fsp3) is 0.133. The van der Waals surface area contributed by atoms with Crippen molar-refractivity contribution in [2.45, 2.75) is 11.4 Å². The van der Waals surface area contributed by atoms with Crippen molar-refractivity contribution in [2.24, 2.45) is 0 Å². The number of aromatic nitrogens is 1. The normalized spacial score (nSPS) is 11.0. The van der Waals surface area contributed by atoms with Crippen LogP contribution in [0.2, 0.25) is 0 Å². The van der Waals surface area contributed by atoms with E-state index in [1.165, 1.54) is 30.5 Å². The minimum absolute atomic E-state index is 0.0379. The number of halogens is 3. The number of nitrogens with zero attached hydrogens (tertiary/aromatic N) is 1. The van der Waals surface area contributed by atoms with E-state index in [1.807, 2.05) is 0 Å². The van der Waals surface area contributed by atoms with Gasteiger partial charge in [-0.15, -0.1) is 13.2 Å². The molecule has 0 radical (unpaired) electrons. The van der Waals surface area contributed by atoms with Gasteiger partial charge in [0.05, 0.1) is 12.1 Å². The standard InChI is InChI=1S/C15H11F3N2O4S/c16-15(17,18)24-10-4-1-3-9(7-10)20-8-12(21)25-13-11(14(22)23)5-2-6-19-13/h1-7,20H,8H2,(H,22,23). The Kier molecular flexibility index (Phi) is 5.86. The minimum Gasteiger partial charge on any atom is -0.478 e. The highest BCUT2D eigenvalue weighted by Crippen LogP contribution is 2.25. The highest BCUT2D eigenvalue weighted by atomic mass is 32.2. The summed E-state index contributed by atoms with van der Waals surface area (Å²) in [6.45, 7) is -0.240. The van der Waals surface area contributed by atoms with Gasteiger partial charge in [-0.1, -0.05) is 6.07 Å². The fourth-order valence-electron chi connectivity index (χ4n) is 1.76. The molecule has 0 bridgehead atoms. The van der Waals surface area contributed by atoms with Crippen LogP contribution >= 0.6 is 11.8 Å². The number of carbonyl (C=O) groups is 2. The molecule has 0 saturated heterocycles. The number of aromatic carboxylic acids is 1. The molecule has 0 aliphatic carbocycles. The number of rotatable bonds is 6. The van der Waals surface area contributed by atoms with Crippen LogP contribution < -0.4 is 10.1 Å². The van der Waals surface area contributed by atoms with Gasteiger partial charge < -0.3 is 15.2 Å². The lowest BCUT2D eigenvalue weighted by atomic mass is 10.3. The predicted molar refractivity (Wildman–Crippen MR) is 83.7 cm³/mol. The first kappa shape index (κ1) is 18.6. The maximum atomic E-state index is 12.2. The summed E-state index contributed by atoms with van der Waals surface area (Å²) < 4.78 is 40.3. The highest BCUT2D eigenvalue weighted by molar-refractivity contribution is 8.13. The zero-order valence-electron chi connectivity index (χ0n) is 12.4. The summed E-state index contributed by atoms with van der Waals surface area (Å²) in [5.74, 6) is -1.64. The molecule has 1 heterocycles. The average molecular weight is 372 g/mol. The molecule has 0 atom stereocenters. The van der Waals surface area contributed by atoms with Crippen LogP contribution in [0.15, 0.2) is 47.6 Å². The van der Waals surface area contributed by atoms with Crippen molar-refractivity contribution in [2.75, 3.05) is 11.9 Å². The molecule has 2 aromatic rings. The van der Waals surface area contributed by atoms with E-state index in [2.05, 4.69) is 15.0 Å². The van der Waals surface area contributed by atoms with E-state index in [4.69, 9.17) is 5.11 Å². The van der Waals surface area contributed by atoms with Gasteiger partial charge in [-0.2, -0.15) is 0 Å². The summed E-state index contributed by atoms with van der Waals surface area (Å²) in [6.07, 6.45) is -3.45. The third-order valence-electron chi connectivity index (χ3n) is 2.72. The third kappa shape index (κ3) is 5.99. The van der Waals surface area contributed by atoms with Gasteiger partial charge in [0.15, 0.2) is 0 Å². The summed E-state index contributed by atoms with van der Waals surface area (Å²) in [5, 5.41) is 11.3. The van der Waals surface area contributed by atoms with Gasteiger partial charge in [0.1, 0.15) is 10.8 Å². The van der Waals surface area contributed by atoms with Crippen LogP contribution in [-0.4, -0.2) is 34.1 Å². The first-order chi connectivity index (χ1) is 11.7. The Hall–Kier alpha value is -2.75. The Bertz CT molecular complexity index is 783. The Morgan fingerprint density at radius 2 is 2.00 bits per heavy atom. The molecule has 1 aromatic heterocycles. The lowest BCUT2D eigenvalue weighted by Gasteiger charge is -2.11. The summed E-state index contributed by atoms with van der Waals surface area (Å²) in [5.41, 5.74) is 0.136. The predicted octanol–water partition coefficient (Wildman–Crippen LogP) is 3.41. The Labute approximate surface area is 144 Å². The van der Waals surface area contributed by atoms with Crippen LogP contribution in [0.25, 0.3) is 0 Å². The molecule has 0 unspecified atom stereocenters. The van der Waals surface area contributed by atoms with Crippen molar-refractivity contribution in [3.05, 3.63) is 48.2 Å². The number of carboxylic acid groups (broad SMARTS) is 1. The number of carbonyl (C=O) groups excluding carboxylic acids is 1. The lowest BCUT2D eigenvalue weighted by molar-refractivity contribution is -0.274. The number of pyridine rings is 1. The molecule has 10 heteroatoms. The van der Waals surface area contributed by atoms with Gasteiger partial charge in [-0.3, -0.25) is 4.79 Å². The van der Waals surface area contributed by atoms with Gasteiger partial charge in [0.25, 0.3) is 0 Å². The maximum Gasteiger partial charge on any atom is 0.573 e. The van der Waals surface area contributed by atoms with Gasteiger partial charge in [0.2, 0.25) is 5.12 Å². The van der Waals surface area contributed by atoms with Crippen molar-refractivity contribution in [3.8, 4) is 5.75 Å². The molecule has 2 N–H and O–H groups in total. The molecule has 0 spiro atoms. The van der Waals surface area contributed by atoms with E-state index in [9.17, 15) is 22.8 Å². The van der Waals surface area contributed by atoms with E-state index < -0.39 is 23.2 Å². The average Bonchev–Trinajstić information content (AvgIpc) is 2.52. The molecule has 1 aromatic carbocycles. The largest absolute Gasteiger partial charge is 0.573 e. The molecule has 2 rings (SSSR count). The van der Waals surface area contributed by atoms with E-state index >= 15 is 0 Å². The Balaban J connectivity index is 1.97. The Morgan fingerprint density at radius 3 is 2.68 bits per heavy atom. The van der Waals surface area contributed by atoms with Gasteiger partial charge in [0, 0.05) is 18.0 Å². The first-order valence-electron chi connectivity index (χ1n) is 6.73. The third-order valence-corrected chi connectivity index (χ3v) is 3.61. The zero-order chi connectivity index (χ0) is 18.4. The summed E-state index contributed by atoms with van der Waals surface area (Å²) in [6, 6.07) is 7.77. The minimum atomic E-state index is -4.81. The number of nitrogens with one attached hydrogen (secondary N) is 1. The van der Waals surface area contributed by atoms with Crippen LogP contribution in [0.1, 0.15) is 10.4 Å². The van der Waals surface area contributed by atoms with E-state index in [-0.39, 0.29) is 22.8 Å². The van der Waals surface area contributed by atoms with Crippen molar-refractivity contribution in [1.82, 2.24) is 4.98 Å². The summed E-state index contributed by atoms with van der Waals surface area (Å²) in [7, 11) is 0. The first-order valence-corrected chi connectivity index (χ1v) is 7.55. The Morgan fingerprint density at radius 1 is 1.24 bits per heavy atom. The number of benzene rings is 1. The molecule has 0 saturated carbocycles. The van der Waals surface area contributed by atoms with Crippen molar-refractivity contribution in [1.29, 1.82) is 0 Å². The van der Waals surface area contributed by atoms with Gasteiger partial charge >= 0.3 is 12.3 Å². The van der Waals surface area contributed by atoms with Crippen LogP contribution in [0.5, 0.6) is 5.75 Å². The molecule has 6 nitrogen and oxygen atoms in total. The molecule has 0 aliphatic rings. The van der Waals surface area contributed by atoms with Crippen LogP contribution in [-0.2, 0) is 4.79 Å². The van der Waals surface area contributed by atoms with E-state index in [1.54, 1.807) is 0 Å². The molecule has 25 heavy (non-hydrogen) atoms. The maximum absolute atomic E-state index is 12.2. The molecule has 0 amide bonds. The zero-order valence-corrected chi connectivity index (χ0v) is 13.2. The monoisotopic (exact) mass is 372 g/mol. The quantitative estimate of drug-likeness (QED) is 0.751. The highest BCUT2D eigenvalue weighted by Gasteiger charge is 2.31. The number of thioether (sulfide) groups is 1.